The predicted octanol–water partition coefficient (Wildman–Crippen LogP) is 2.55. The molecule has 0 fully saturated rings. The van der Waals surface area contributed by atoms with E-state index in [9.17, 15) is 14.7 Å². The number of phenols is 1. The van der Waals surface area contributed by atoms with Gasteiger partial charge in [-0.2, -0.15) is 0 Å². The zero-order valence-electron chi connectivity index (χ0n) is 14.3. The average Bonchev–Trinajstić information content (AvgIpc) is 3.05. The van der Waals surface area contributed by atoms with Gasteiger partial charge in [0.2, 0.25) is 0 Å². The number of amides is 2. The number of carbonyl (C=O) groups is 2. The summed E-state index contributed by atoms with van der Waals surface area (Å²) in [5.41, 5.74) is 1.58. The Kier molecular flexibility index (Phi) is 4.98. The van der Waals surface area contributed by atoms with Gasteiger partial charge in [0.25, 0.3) is 11.8 Å². The maximum atomic E-state index is 12.2. The summed E-state index contributed by atoms with van der Waals surface area (Å²) < 4.78 is 0. The first kappa shape index (κ1) is 17.9. The fourth-order valence-corrected chi connectivity index (χ4v) is 2.57. The van der Waals surface area contributed by atoms with E-state index in [4.69, 9.17) is 5.41 Å². The van der Waals surface area contributed by atoms with Gasteiger partial charge in [-0.3, -0.25) is 9.59 Å². The maximum absolute atomic E-state index is 12.2. The molecule has 0 saturated heterocycles. The number of benzene rings is 2. The Labute approximate surface area is 154 Å². The molecule has 0 radical (unpaired) electrons. The van der Waals surface area contributed by atoms with Crippen molar-refractivity contribution in [2.75, 3.05) is 7.05 Å². The van der Waals surface area contributed by atoms with E-state index in [1.807, 2.05) is 0 Å². The van der Waals surface area contributed by atoms with Gasteiger partial charge in [-0.25, -0.2) is 4.99 Å². The number of hydrogen-bond acceptors (Lipinski definition) is 6. The van der Waals surface area contributed by atoms with Gasteiger partial charge in [-0.15, -0.1) is 10.2 Å². The molecule has 0 saturated carbocycles. The van der Waals surface area contributed by atoms with E-state index in [1.54, 1.807) is 36.4 Å². The Morgan fingerprint density at radius 2 is 1.78 bits per heavy atom. The van der Waals surface area contributed by atoms with Crippen LogP contribution in [0.25, 0.3) is 5.70 Å². The van der Waals surface area contributed by atoms with Gasteiger partial charge in [0.1, 0.15) is 5.75 Å². The number of amidine groups is 1. The number of para-hydroxylation sites is 1. The molecule has 0 aromatic heterocycles. The van der Waals surface area contributed by atoms with Gasteiger partial charge < -0.3 is 15.8 Å². The molecule has 2 aromatic rings. The van der Waals surface area contributed by atoms with E-state index in [0.717, 1.165) is 6.21 Å². The summed E-state index contributed by atoms with van der Waals surface area (Å²) in [7, 11) is 1.46. The van der Waals surface area contributed by atoms with Gasteiger partial charge in [-0.05, 0) is 12.1 Å². The third-order valence-corrected chi connectivity index (χ3v) is 3.88. The first-order valence-electron chi connectivity index (χ1n) is 7.96. The van der Waals surface area contributed by atoms with Crippen LogP contribution in [0.5, 0.6) is 5.75 Å². The number of nitrogens with zero attached hydrogens (tertiary/aromatic N) is 3. The molecule has 134 valence electrons. The van der Waals surface area contributed by atoms with Crippen LogP contribution in [0.4, 0.5) is 0 Å². The fraction of sp³-hybridized carbons (Fsp3) is 0.0526. The molecule has 0 unspecified atom stereocenters. The minimum Gasteiger partial charge on any atom is -0.507 e. The second-order valence-corrected chi connectivity index (χ2v) is 5.49. The number of hydrogen-bond donors (Lipinski definition) is 3. The number of azo groups is 1. The van der Waals surface area contributed by atoms with Crippen LogP contribution in [0.3, 0.4) is 0 Å². The van der Waals surface area contributed by atoms with Crippen molar-refractivity contribution in [3.63, 3.8) is 0 Å². The zero-order valence-corrected chi connectivity index (χ0v) is 14.3. The number of aromatic hydroxyl groups is 1. The normalized spacial score (nSPS) is 14.5. The Balaban J connectivity index is 2.03. The molecule has 0 atom stereocenters. The third-order valence-electron chi connectivity index (χ3n) is 3.88. The number of phenolic OH excluding ortho intramolecular Hbond substituents is 1. The Morgan fingerprint density at radius 3 is 2.44 bits per heavy atom. The quantitative estimate of drug-likeness (QED) is 0.441. The lowest BCUT2D eigenvalue weighted by Crippen LogP contribution is -2.21. The smallest absolute Gasteiger partial charge is 0.299 e. The molecule has 8 heteroatoms. The van der Waals surface area contributed by atoms with Crippen LogP contribution in [-0.4, -0.2) is 36.0 Å². The molecule has 3 rings (SSSR count). The molecule has 8 nitrogen and oxygen atoms in total. The van der Waals surface area contributed by atoms with Crippen LogP contribution in [-0.2, 0) is 4.79 Å². The molecule has 2 amide bonds. The van der Waals surface area contributed by atoms with Crippen molar-refractivity contribution in [2.24, 2.45) is 15.2 Å². The van der Waals surface area contributed by atoms with E-state index in [2.05, 4.69) is 20.5 Å². The van der Waals surface area contributed by atoms with Crippen LogP contribution in [0.1, 0.15) is 21.5 Å². The highest BCUT2D eigenvalue weighted by Crippen LogP contribution is 2.31. The standard InChI is InChI=1S/C19H15N5O3/c1-21-18(26)14(10-20)16-11-6-2-3-7-12(11)17(22-16)23-24-19(27)13-8-4-5-9-15(13)25/h2-10,20,25H,1H3,(H,21,26). The Hall–Kier alpha value is -3.94. The van der Waals surface area contributed by atoms with E-state index >= 15 is 0 Å². The second-order valence-electron chi connectivity index (χ2n) is 5.49. The number of carbonyl (C=O) groups excluding carboxylic acids is 2. The van der Waals surface area contributed by atoms with Gasteiger partial charge in [0, 0.05) is 24.4 Å². The van der Waals surface area contributed by atoms with Crippen LogP contribution >= 0.6 is 0 Å². The molecule has 1 aliphatic heterocycles. The number of aliphatic imine (C=N–C) groups is 1. The minimum atomic E-state index is -0.718. The minimum absolute atomic E-state index is 0.0226. The first-order valence-corrected chi connectivity index (χ1v) is 7.96. The summed E-state index contributed by atoms with van der Waals surface area (Å²) in [5, 5.41) is 27.3. The van der Waals surface area contributed by atoms with Crippen molar-refractivity contribution in [3.05, 3.63) is 70.8 Å². The highest BCUT2D eigenvalue weighted by Gasteiger charge is 2.25. The Morgan fingerprint density at radius 1 is 1.11 bits per heavy atom. The molecule has 1 aliphatic rings. The summed E-state index contributed by atoms with van der Waals surface area (Å²) in [6.07, 6.45) is 0.918. The highest BCUT2D eigenvalue weighted by atomic mass is 16.3. The first-order chi connectivity index (χ1) is 13.1. The molecule has 27 heavy (non-hydrogen) atoms. The molecule has 0 spiro atoms. The molecule has 0 aliphatic carbocycles. The van der Waals surface area contributed by atoms with Crippen molar-refractivity contribution >= 4 is 29.6 Å². The van der Waals surface area contributed by atoms with Crippen molar-refractivity contribution in [3.8, 4) is 5.75 Å². The van der Waals surface area contributed by atoms with Gasteiger partial charge >= 0.3 is 0 Å². The zero-order chi connectivity index (χ0) is 19.4. The molecule has 0 bridgehead atoms. The largest absolute Gasteiger partial charge is 0.507 e. The summed E-state index contributed by atoms with van der Waals surface area (Å²) in [6.45, 7) is 0. The van der Waals surface area contributed by atoms with E-state index in [1.165, 1.54) is 19.2 Å². The lowest BCUT2D eigenvalue weighted by Gasteiger charge is -2.04. The van der Waals surface area contributed by atoms with Crippen LogP contribution in [0.15, 0.2) is 69.3 Å². The highest BCUT2D eigenvalue weighted by molar-refractivity contribution is 6.22. The lowest BCUT2D eigenvalue weighted by atomic mass is 10.0. The average molecular weight is 361 g/mol. The third kappa shape index (κ3) is 3.40. The molecular formula is C19H15N5O3. The van der Waals surface area contributed by atoms with Gasteiger partial charge in [-0.1, -0.05) is 36.4 Å². The predicted molar refractivity (Wildman–Crippen MR) is 100 cm³/mol. The van der Waals surface area contributed by atoms with E-state index < -0.39 is 11.8 Å². The van der Waals surface area contributed by atoms with Crippen molar-refractivity contribution in [2.45, 2.75) is 0 Å². The lowest BCUT2D eigenvalue weighted by molar-refractivity contribution is -0.116. The summed E-state index contributed by atoms with van der Waals surface area (Å²) in [5.74, 6) is -1.22. The van der Waals surface area contributed by atoms with Gasteiger partial charge in [0.05, 0.1) is 16.8 Å². The fourth-order valence-electron chi connectivity index (χ4n) is 2.57. The van der Waals surface area contributed by atoms with E-state index in [-0.39, 0.29) is 28.4 Å². The van der Waals surface area contributed by atoms with Gasteiger partial charge in [0.15, 0.2) is 5.84 Å². The van der Waals surface area contributed by atoms with Crippen molar-refractivity contribution in [1.29, 1.82) is 5.41 Å². The summed E-state index contributed by atoms with van der Waals surface area (Å²) in [4.78, 5) is 28.5. The number of fused-ring (bicyclic) bond motifs is 1. The van der Waals surface area contributed by atoms with Crippen LogP contribution in [0, 0.1) is 5.41 Å². The van der Waals surface area contributed by atoms with Crippen molar-refractivity contribution < 1.29 is 14.7 Å². The summed E-state index contributed by atoms with van der Waals surface area (Å²) in [6, 6.07) is 13.0. The SMILES string of the molecule is CNC(=O)C(C=N)=C1N=C(N=NC(=O)c2ccccc2O)c2ccccc21. The number of nitrogens with one attached hydrogen (secondary N) is 2. The maximum Gasteiger partial charge on any atom is 0.299 e. The summed E-state index contributed by atoms with van der Waals surface area (Å²) >= 11 is 0. The molecule has 3 N–H and O–H groups in total. The Bertz CT molecular complexity index is 1040. The number of likely N-dealkylation sites (N-methyl/N-ethyl adjacent to an activating group) is 1. The topological polar surface area (TPSA) is 127 Å². The second kappa shape index (κ2) is 7.52. The molecule has 2 aromatic carbocycles. The molecular weight excluding hydrogens is 346 g/mol. The molecule has 1 heterocycles. The van der Waals surface area contributed by atoms with E-state index in [0.29, 0.717) is 11.1 Å². The van der Waals surface area contributed by atoms with Crippen LogP contribution in [0.2, 0.25) is 0 Å². The number of rotatable bonds is 3. The van der Waals surface area contributed by atoms with Crippen LogP contribution < -0.4 is 5.32 Å². The van der Waals surface area contributed by atoms with Crippen molar-refractivity contribution in [1.82, 2.24) is 5.32 Å². The monoisotopic (exact) mass is 361 g/mol.